The third-order valence-electron chi connectivity index (χ3n) is 3.21. The molecule has 0 saturated heterocycles. The molecule has 2 aromatic heterocycles. The minimum absolute atomic E-state index is 0.209. The van der Waals surface area contributed by atoms with Crippen LogP contribution in [0.5, 0.6) is 0 Å². The van der Waals surface area contributed by atoms with E-state index in [0.717, 1.165) is 10.9 Å². The molecule has 0 amide bonds. The fourth-order valence-electron chi connectivity index (χ4n) is 2.15. The number of hydrogen-bond acceptors (Lipinski definition) is 4. The molecule has 0 atom stereocenters. The highest BCUT2D eigenvalue weighted by Crippen LogP contribution is 2.24. The maximum Gasteiger partial charge on any atom is 0.268 e. The van der Waals surface area contributed by atoms with Gasteiger partial charge in [-0.05, 0) is 42.8 Å². The Morgan fingerprint density at radius 2 is 1.85 bits per heavy atom. The molecule has 0 aliphatic carbocycles. The Balaban J connectivity index is 2.27. The number of aromatic nitrogens is 2. The van der Waals surface area contributed by atoms with Crippen LogP contribution < -0.4 is 5.73 Å². The number of nitrogen functional groups attached to an aromatic ring is 1. The van der Waals surface area contributed by atoms with Crippen LogP contribution >= 0.6 is 0 Å². The Hall–Kier alpha value is -2.34. The molecule has 6 heteroatoms. The van der Waals surface area contributed by atoms with Crippen LogP contribution in [-0.4, -0.2) is 17.4 Å². The molecular formula is C14H13N3O2S. The van der Waals surface area contributed by atoms with Crippen molar-refractivity contribution in [2.45, 2.75) is 11.8 Å². The molecule has 5 nitrogen and oxygen atoms in total. The molecule has 3 aromatic rings. The zero-order valence-corrected chi connectivity index (χ0v) is 11.6. The largest absolute Gasteiger partial charge is 0.399 e. The third-order valence-corrected chi connectivity index (χ3v) is 4.90. The van der Waals surface area contributed by atoms with Crippen LogP contribution in [0.1, 0.15) is 5.56 Å². The Morgan fingerprint density at radius 3 is 2.55 bits per heavy atom. The summed E-state index contributed by atoms with van der Waals surface area (Å²) >= 11 is 0. The van der Waals surface area contributed by atoms with Crippen LogP contribution in [0.3, 0.4) is 0 Å². The average Bonchev–Trinajstić information content (AvgIpc) is 2.78. The van der Waals surface area contributed by atoms with Gasteiger partial charge >= 0.3 is 0 Å². The van der Waals surface area contributed by atoms with Gasteiger partial charge in [0, 0.05) is 29.7 Å². The molecule has 2 N–H and O–H groups in total. The van der Waals surface area contributed by atoms with Gasteiger partial charge in [0.2, 0.25) is 0 Å². The molecule has 0 aliphatic rings. The molecule has 0 aliphatic heterocycles. The fraction of sp³-hybridized carbons (Fsp3) is 0.0714. The molecule has 0 fully saturated rings. The van der Waals surface area contributed by atoms with Crippen LogP contribution in [-0.2, 0) is 10.0 Å². The zero-order chi connectivity index (χ0) is 14.3. The summed E-state index contributed by atoms with van der Waals surface area (Å²) in [5.41, 5.74) is 7.61. The first-order valence-electron chi connectivity index (χ1n) is 6.03. The molecule has 0 spiro atoms. The predicted molar refractivity (Wildman–Crippen MR) is 77.9 cm³/mol. The van der Waals surface area contributed by atoms with Crippen molar-refractivity contribution in [3.63, 3.8) is 0 Å². The van der Waals surface area contributed by atoms with Gasteiger partial charge in [0.25, 0.3) is 10.0 Å². The number of anilines is 1. The molecule has 3 rings (SSSR count). The summed E-state index contributed by atoms with van der Waals surface area (Å²) in [4.78, 5) is 4.24. The molecule has 0 radical (unpaired) electrons. The number of nitrogens with zero attached hydrogens (tertiary/aromatic N) is 2. The summed E-state index contributed by atoms with van der Waals surface area (Å²) in [5, 5.41) is 0.825. The number of rotatable bonds is 2. The highest BCUT2D eigenvalue weighted by atomic mass is 32.2. The standard InChI is InChI=1S/C14H13N3O2S/c1-10-9-17(14-6-7-16-8-13(10)14)20(18,19)12-4-2-11(15)3-5-12/h2-9H,15H2,1H3. The van der Waals surface area contributed by atoms with E-state index in [1.807, 2.05) is 6.92 Å². The van der Waals surface area contributed by atoms with Crippen molar-refractivity contribution >= 4 is 26.6 Å². The minimum Gasteiger partial charge on any atom is -0.399 e. The number of nitrogens with two attached hydrogens (primary N) is 1. The van der Waals surface area contributed by atoms with Gasteiger partial charge < -0.3 is 5.73 Å². The molecule has 2 heterocycles. The molecule has 20 heavy (non-hydrogen) atoms. The molecule has 1 aromatic carbocycles. The molecule has 0 saturated carbocycles. The summed E-state index contributed by atoms with van der Waals surface area (Å²) in [7, 11) is -3.63. The molecule has 0 bridgehead atoms. The summed E-state index contributed by atoms with van der Waals surface area (Å²) in [6, 6.07) is 7.86. The SMILES string of the molecule is Cc1cn(S(=O)(=O)c2ccc(N)cc2)c2ccncc12. The smallest absolute Gasteiger partial charge is 0.268 e. The van der Waals surface area contributed by atoms with Gasteiger partial charge in [-0.25, -0.2) is 12.4 Å². The second kappa shape index (κ2) is 4.35. The summed E-state index contributed by atoms with van der Waals surface area (Å²) in [6.45, 7) is 1.86. The Labute approximate surface area is 116 Å². The van der Waals surface area contributed by atoms with Gasteiger partial charge in [0.05, 0.1) is 10.4 Å². The van der Waals surface area contributed by atoms with Crippen molar-refractivity contribution in [1.82, 2.24) is 8.96 Å². The lowest BCUT2D eigenvalue weighted by molar-refractivity contribution is 0.589. The first-order valence-corrected chi connectivity index (χ1v) is 7.47. The van der Waals surface area contributed by atoms with E-state index in [1.165, 1.54) is 16.1 Å². The van der Waals surface area contributed by atoms with Crippen LogP contribution in [0.15, 0.2) is 53.8 Å². The first kappa shape index (κ1) is 12.7. The highest BCUT2D eigenvalue weighted by molar-refractivity contribution is 7.90. The third kappa shape index (κ3) is 1.85. The quantitative estimate of drug-likeness (QED) is 0.733. The summed E-state index contributed by atoms with van der Waals surface area (Å²) < 4.78 is 26.6. The van der Waals surface area contributed by atoms with E-state index in [9.17, 15) is 8.42 Å². The van der Waals surface area contributed by atoms with Crippen molar-refractivity contribution in [3.05, 3.63) is 54.5 Å². The maximum atomic E-state index is 12.7. The molecular weight excluding hydrogens is 274 g/mol. The van der Waals surface area contributed by atoms with Gasteiger partial charge in [0.1, 0.15) is 0 Å². The molecule has 0 unspecified atom stereocenters. The number of hydrogen-bond donors (Lipinski definition) is 1. The van der Waals surface area contributed by atoms with Crippen LogP contribution in [0, 0.1) is 6.92 Å². The molecule has 102 valence electrons. The van der Waals surface area contributed by atoms with Gasteiger partial charge in [-0.3, -0.25) is 4.98 Å². The minimum atomic E-state index is -3.63. The first-order chi connectivity index (χ1) is 9.50. The zero-order valence-electron chi connectivity index (χ0n) is 10.8. The lowest BCUT2D eigenvalue weighted by atomic mass is 10.2. The Morgan fingerprint density at radius 1 is 1.15 bits per heavy atom. The van der Waals surface area contributed by atoms with Crippen LogP contribution in [0.25, 0.3) is 10.9 Å². The second-order valence-corrected chi connectivity index (χ2v) is 6.39. The van der Waals surface area contributed by atoms with Gasteiger partial charge in [-0.1, -0.05) is 0 Å². The van der Waals surface area contributed by atoms with Crippen molar-refractivity contribution in [1.29, 1.82) is 0 Å². The van der Waals surface area contributed by atoms with Crippen molar-refractivity contribution in [3.8, 4) is 0 Å². The van der Waals surface area contributed by atoms with Crippen molar-refractivity contribution in [2.24, 2.45) is 0 Å². The van der Waals surface area contributed by atoms with Crippen molar-refractivity contribution < 1.29 is 8.42 Å². The lowest BCUT2D eigenvalue weighted by Crippen LogP contribution is -2.11. The average molecular weight is 287 g/mol. The van der Waals surface area contributed by atoms with E-state index in [1.54, 1.807) is 36.8 Å². The Bertz CT molecular complexity index is 880. The number of pyridine rings is 1. The van der Waals surface area contributed by atoms with Gasteiger partial charge in [-0.2, -0.15) is 0 Å². The number of benzene rings is 1. The van der Waals surface area contributed by atoms with E-state index in [0.29, 0.717) is 11.2 Å². The summed E-state index contributed by atoms with van der Waals surface area (Å²) in [6.07, 6.45) is 4.86. The van der Waals surface area contributed by atoms with Gasteiger partial charge in [0.15, 0.2) is 0 Å². The van der Waals surface area contributed by atoms with E-state index in [4.69, 9.17) is 5.73 Å². The number of aryl methyl sites for hydroxylation is 1. The van der Waals surface area contributed by atoms with Crippen LogP contribution in [0.2, 0.25) is 0 Å². The van der Waals surface area contributed by atoms with E-state index < -0.39 is 10.0 Å². The predicted octanol–water partition coefficient (Wildman–Crippen LogP) is 2.16. The maximum absolute atomic E-state index is 12.7. The monoisotopic (exact) mass is 287 g/mol. The second-order valence-electron chi connectivity index (χ2n) is 4.57. The normalized spacial score (nSPS) is 11.8. The fourth-order valence-corrected chi connectivity index (χ4v) is 3.57. The summed E-state index contributed by atoms with van der Waals surface area (Å²) in [5.74, 6) is 0. The topological polar surface area (TPSA) is 78.0 Å². The van der Waals surface area contributed by atoms with E-state index in [2.05, 4.69) is 4.98 Å². The lowest BCUT2D eigenvalue weighted by Gasteiger charge is -2.07. The van der Waals surface area contributed by atoms with Crippen LogP contribution in [0.4, 0.5) is 5.69 Å². The number of fused-ring (bicyclic) bond motifs is 1. The van der Waals surface area contributed by atoms with Gasteiger partial charge in [-0.15, -0.1) is 0 Å². The Kier molecular flexibility index (Phi) is 2.76. The highest BCUT2D eigenvalue weighted by Gasteiger charge is 2.19. The van der Waals surface area contributed by atoms with E-state index >= 15 is 0 Å². The van der Waals surface area contributed by atoms with E-state index in [-0.39, 0.29) is 4.90 Å². The van der Waals surface area contributed by atoms with Crippen molar-refractivity contribution in [2.75, 3.05) is 5.73 Å².